The van der Waals surface area contributed by atoms with Crippen LogP contribution in [-0.2, 0) is 5.75 Å². The van der Waals surface area contributed by atoms with Gasteiger partial charge in [-0.25, -0.2) is 9.97 Å². The van der Waals surface area contributed by atoms with E-state index in [1.54, 1.807) is 11.8 Å². The van der Waals surface area contributed by atoms with Crippen molar-refractivity contribution >= 4 is 23.4 Å². The van der Waals surface area contributed by atoms with Crippen molar-refractivity contribution in [2.24, 2.45) is 0 Å². The minimum atomic E-state index is 0.284. The highest BCUT2D eigenvalue weighted by Gasteiger charge is 2.12. The van der Waals surface area contributed by atoms with Crippen molar-refractivity contribution in [2.45, 2.75) is 44.4 Å². The average molecular weight is 307 g/mol. The molecule has 0 N–H and O–H groups in total. The van der Waals surface area contributed by atoms with E-state index in [2.05, 4.69) is 55.0 Å². The van der Waals surface area contributed by atoms with Gasteiger partial charge in [0.05, 0.1) is 0 Å². The largest absolute Gasteiger partial charge is 0.226 e. The van der Waals surface area contributed by atoms with Gasteiger partial charge in [0.25, 0.3) is 0 Å². The van der Waals surface area contributed by atoms with Gasteiger partial charge >= 0.3 is 0 Å². The molecule has 0 radical (unpaired) electrons. The minimum Gasteiger partial charge on any atom is -0.226 e. The van der Waals surface area contributed by atoms with Crippen LogP contribution in [0, 0.1) is 13.8 Å². The summed E-state index contributed by atoms with van der Waals surface area (Å²) in [6.07, 6.45) is 0. The molecule has 0 saturated heterocycles. The Balaban J connectivity index is 2.20. The fourth-order valence-corrected chi connectivity index (χ4v) is 3.02. The lowest BCUT2D eigenvalue weighted by atomic mass is 10.2. The Morgan fingerprint density at radius 3 is 2.60 bits per heavy atom. The second-order valence-electron chi connectivity index (χ2n) is 5.24. The molecule has 1 aromatic carbocycles. The van der Waals surface area contributed by atoms with Gasteiger partial charge in [-0.1, -0.05) is 55.3 Å². The van der Waals surface area contributed by atoms with E-state index in [0.717, 1.165) is 22.2 Å². The molecule has 0 unspecified atom stereocenters. The van der Waals surface area contributed by atoms with Crippen LogP contribution in [0.1, 0.15) is 42.3 Å². The van der Waals surface area contributed by atoms with E-state index in [-0.39, 0.29) is 5.92 Å². The zero-order valence-electron chi connectivity index (χ0n) is 12.3. The summed E-state index contributed by atoms with van der Waals surface area (Å²) in [6.45, 7) is 8.24. The van der Waals surface area contributed by atoms with Crippen LogP contribution in [0.25, 0.3) is 0 Å². The number of thioether (sulfide) groups is 1. The Hall–Kier alpha value is -1.06. The molecule has 0 saturated carbocycles. The smallest absolute Gasteiger partial charge is 0.136 e. The van der Waals surface area contributed by atoms with Crippen molar-refractivity contribution in [3.8, 4) is 0 Å². The van der Waals surface area contributed by atoms with Crippen LogP contribution in [0.2, 0.25) is 5.15 Å². The lowest BCUT2D eigenvalue weighted by Crippen LogP contribution is -2.01. The first-order valence-electron chi connectivity index (χ1n) is 6.69. The molecule has 1 heterocycles. The van der Waals surface area contributed by atoms with Gasteiger partial charge in [-0.3, -0.25) is 0 Å². The van der Waals surface area contributed by atoms with Gasteiger partial charge in [0, 0.05) is 17.2 Å². The summed E-state index contributed by atoms with van der Waals surface area (Å²) in [4.78, 5) is 8.98. The number of aromatic nitrogens is 2. The van der Waals surface area contributed by atoms with E-state index < -0.39 is 0 Å². The molecule has 1 aromatic heterocycles. The first-order chi connectivity index (χ1) is 9.47. The third kappa shape index (κ3) is 3.74. The van der Waals surface area contributed by atoms with E-state index in [9.17, 15) is 0 Å². The molecule has 4 heteroatoms. The van der Waals surface area contributed by atoms with Crippen molar-refractivity contribution in [1.82, 2.24) is 9.97 Å². The van der Waals surface area contributed by atoms with E-state index in [4.69, 9.17) is 11.6 Å². The average Bonchev–Trinajstić information content (AvgIpc) is 2.40. The van der Waals surface area contributed by atoms with E-state index >= 15 is 0 Å². The molecule has 0 spiro atoms. The van der Waals surface area contributed by atoms with Crippen LogP contribution < -0.4 is 0 Å². The number of benzene rings is 1. The predicted molar refractivity (Wildman–Crippen MR) is 86.6 cm³/mol. The Labute approximate surface area is 130 Å². The molecule has 0 bridgehead atoms. The second kappa shape index (κ2) is 6.59. The molecule has 0 amide bonds. The highest BCUT2D eigenvalue weighted by atomic mass is 35.5. The lowest BCUT2D eigenvalue weighted by molar-refractivity contribution is 0.747. The maximum atomic E-state index is 6.21. The van der Waals surface area contributed by atoms with Crippen molar-refractivity contribution in [2.75, 3.05) is 0 Å². The Kier molecular flexibility index (Phi) is 5.06. The molecule has 0 aliphatic heterocycles. The summed E-state index contributed by atoms with van der Waals surface area (Å²) >= 11 is 7.92. The third-order valence-electron chi connectivity index (χ3n) is 3.03. The highest BCUT2D eigenvalue weighted by molar-refractivity contribution is 7.98. The van der Waals surface area contributed by atoms with E-state index in [1.807, 2.05) is 6.92 Å². The van der Waals surface area contributed by atoms with Crippen LogP contribution in [0.15, 0.2) is 29.3 Å². The number of aryl methyl sites for hydroxylation is 1. The first kappa shape index (κ1) is 15.3. The first-order valence-corrected chi connectivity index (χ1v) is 8.06. The van der Waals surface area contributed by atoms with Gasteiger partial charge in [-0.15, -0.1) is 11.8 Å². The normalized spacial score (nSPS) is 11.1. The Bertz CT molecular complexity index is 611. The number of hydrogen-bond donors (Lipinski definition) is 0. The second-order valence-corrected chi connectivity index (χ2v) is 6.56. The summed E-state index contributed by atoms with van der Waals surface area (Å²) in [7, 11) is 0. The van der Waals surface area contributed by atoms with Crippen LogP contribution in [-0.4, -0.2) is 9.97 Å². The summed E-state index contributed by atoms with van der Waals surface area (Å²) in [5, 5.41) is 1.55. The van der Waals surface area contributed by atoms with Crippen LogP contribution >= 0.6 is 23.4 Å². The molecule has 0 fully saturated rings. The molecule has 2 rings (SSSR count). The summed E-state index contributed by atoms with van der Waals surface area (Å²) < 4.78 is 0. The predicted octanol–water partition coefficient (Wildman–Crippen LogP) is 5.16. The lowest BCUT2D eigenvalue weighted by Gasteiger charge is -2.11. The SMILES string of the molecule is Cc1cccc(CSc2nc(C(C)C)nc(Cl)c2C)c1. The summed E-state index contributed by atoms with van der Waals surface area (Å²) in [5.41, 5.74) is 3.55. The van der Waals surface area contributed by atoms with Crippen molar-refractivity contribution in [3.05, 3.63) is 51.9 Å². The maximum absolute atomic E-state index is 6.21. The van der Waals surface area contributed by atoms with Gasteiger partial charge in [-0.2, -0.15) is 0 Å². The third-order valence-corrected chi connectivity index (χ3v) is 4.55. The Morgan fingerprint density at radius 2 is 1.95 bits per heavy atom. The molecular formula is C16H19ClN2S. The van der Waals surface area contributed by atoms with Gasteiger partial charge < -0.3 is 0 Å². The molecule has 0 aliphatic carbocycles. The number of halogens is 1. The van der Waals surface area contributed by atoms with E-state index in [0.29, 0.717) is 5.15 Å². The zero-order valence-corrected chi connectivity index (χ0v) is 13.8. The van der Waals surface area contributed by atoms with E-state index in [1.165, 1.54) is 11.1 Å². The monoisotopic (exact) mass is 306 g/mol. The van der Waals surface area contributed by atoms with Crippen molar-refractivity contribution < 1.29 is 0 Å². The van der Waals surface area contributed by atoms with Crippen molar-refractivity contribution in [1.29, 1.82) is 0 Å². The summed E-state index contributed by atoms with van der Waals surface area (Å²) in [6, 6.07) is 8.54. The molecule has 20 heavy (non-hydrogen) atoms. The molecule has 2 aromatic rings. The topological polar surface area (TPSA) is 25.8 Å². The highest BCUT2D eigenvalue weighted by Crippen LogP contribution is 2.29. The van der Waals surface area contributed by atoms with Gasteiger partial charge in [0.1, 0.15) is 16.0 Å². The van der Waals surface area contributed by atoms with Gasteiger partial charge in [-0.05, 0) is 19.4 Å². The van der Waals surface area contributed by atoms with Crippen molar-refractivity contribution in [3.63, 3.8) is 0 Å². The molecule has 106 valence electrons. The van der Waals surface area contributed by atoms with Crippen LogP contribution in [0.3, 0.4) is 0 Å². The van der Waals surface area contributed by atoms with Gasteiger partial charge in [0.15, 0.2) is 0 Å². The number of hydrogen-bond acceptors (Lipinski definition) is 3. The standard InChI is InChI=1S/C16H19ClN2S/c1-10(2)15-18-14(17)12(4)16(19-15)20-9-13-7-5-6-11(3)8-13/h5-8,10H,9H2,1-4H3. The maximum Gasteiger partial charge on any atom is 0.136 e. The molecule has 0 atom stereocenters. The number of rotatable bonds is 4. The molecular weight excluding hydrogens is 288 g/mol. The van der Waals surface area contributed by atoms with Crippen LogP contribution in [0.4, 0.5) is 0 Å². The summed E-state index contributed by atoms with van der Waals surface area (Å²) in [5.74, 6) is 1.99. The number of nitrogens with zero attached hydrogens (tertiary/aromatic N) is 2. The fraction of sp³-hybridized carbons (Fsp3) is 0.375. The van der Waals surface area contributed by atoms with Gasteiger partial charge in [0.2, 0.25) is 0 Å². The minimum absolute atomic E-state index is 0.284. The fourth-order valence-electron chi connectivity index (χ4n) is 1.84. The Morgan fingerprint density at radius 1 is 1.20 bits per heavy atom. The van der Waals surface area contributed by atoms with Crippen LogP contribution in [0.5, 0.6) is 0 Å². The molecule has 0 aliphatic rings. The molecule has 2 nitrogen and oxygen atoms in total. The zero-order chi connectivity index (χ0) is 14.7. The quantitative estimate of drug-likeness (QED) is 0.576.